The van der Waals surface area contributed by atoms with E-state index in [1.807, 2.05) is 23.6 Å². The van der Waals surface area contributed by atoms with Gasteiger partial charge in [-0.05, 0) is 61.3 Å². The van der Waals surface area contributed by atoms with E-state index in [4.69, 9.17) is 9.47 Å². The SMILES string of the molecule is C=CCn1c(SCC(=O)Nc2sc3c(c2C(=O)OC)CCCC3)nnc1C(C)Oc1ccc(C(C)(C)C)cc1. The summed E-state index contributed by atoms with van der Waals surface area (Å²) in [7, 11) is 1.37. The van der Waals surface area contributed by atoms with Crippen LogP contribution in [0.2, 0.25) is 0 Å². The van der Waals surface area contributed by atoms with Crippen molar-refractivity contribution in [2.75, 3.05) is 18.2 Å². The molecular formula is C29H36N4O4S2. The second-order valence-corrected chi connectivity index (χ2v) is 12.6. The van der Waals surface area contributed by atoms with Crippen LogP contribution < -0.4 is 10.1 Å². The van der Waals surface area contributed by atoms with Crippen molar-refractivity contribution in [3.8, 4) is 5.75 Å². The van der Waals surface area contributed by atoms with Gasteiger partial charge in [0.15, 0.2) is 17.1 Å². The van der Waals surface area contributed by atoms with Crippen molar-refractivity contribution in [2.45, 2.75) is 76.6 Å². The number of aryl methyl sites for hydroxylation is 1. The quantitative estimate of drug-likeness (QED) is 0.173. The fourth-order valence-electron chi connectivity index (χ4n) is 4.56. The highest BCUT2D eigenvalue weighted by Gasteiger charge is 2.27. The molecule has 0 aliphatic heterocycles. The Morgan fingerprint density at radius 1 is 1.21 bits per heavy atom. The number of fused-ring (bicyclic) bond motifs is 1. The third kappa shape index (κ3) is 6.73. The first-order valence-corrected chi connectivity index (χ1v) is 14.9. The van der Waals surface area contributed by atoms with Gasteiger partial charge in [-0.15, -0.1) is 28.1 Å². The number of rotatable bonds is 10. The van der Waals surface area contributed by atoms with Gasteiger partial charge < -0.3 is 14.8 Å². The number of amides is 1. The van der Waals surface area contributed by atoms with Crippen molar-refractivity contribution in [2.24, 2.45) is 0 Å². The number of thiophene rings is 1. The standard InChI is InChI=1S/C29H36N4O4S2/c1-7-16-33-25(18(2)37-20-14-12-19(13-15-20)29(3,4)5)31-32-28(33)38-17-23(34)30-26-24(27(35)36-6)21-10-8-9-11-22(21)39-26/h7,12-15,18H,1,8-11,16-17H2,2-6H3,(H,30,34). The maximum atomic E-state index is 12.9. The molecule has 0 saturated carbocycles. The zero-order chi connectivity index (χ0) is 28.2. The van der Waals surface area contributed by atoms with Crippen LogP contribution in [0, 0.1) is 0 Å². The van der Waals surface area contributed by atoms with E-state index in [1.165, 1.54) is 35.8 Å². The number of thioether (sulfide) groups is 1. The van der Waals surface area contributed by atoms with Gasteiger partial charge in [-0.2, -0.15) is 0 Å². The average molecular weight is 569 g/mol. The summed E-state index contributed by atoms with van der Waals surface area (Å²) in [4.78, 5) is 26.6. The normalized spacial score (nSPS) is 13.9. The minimum absolute atomic E-state index is 0.0659. The lowest BCUT2D eigenvalue weighted by Crippen LogP contribution is -2.17. The van der Waals surface area contributed by atoms with Crippen molar-refractivity contribution in [3.63, 3.8) is 0 Å². The lowest BCUT2D eigenvalue weighted by molar-refractivity contribution is -0.113. The number of esters is 1. The van der Waals surface area contributed by atoms with Crippen LogP contribution in [0.4, 0.5) is 5.00 Å². The van der Waals surface area contributed by atoms with Crippen LogP contribution in [0.3, 0.4) is 0 Å². The fraction of sp³-hybridized carbons (Fsp3) is 0.448. The van der Waals surface area contributed by atoms with Crippen molar-refractivity contribution in [3.05, 3.63) is 64.3 Å². The van der Waals surface area contributed by atoms with Crippen LogP contribution >= 0.6 is 23.1 Å². The molecule has 208 valence electrons. The van der Waals surface area contributed by atoms with Gasteiger partial charge in [-0.3, -0.25) is 9.36 Å². The van der Waals surface area contributed by atoms with Gasteiger partial charge in [0.05, 0.1) is 18.4 Å². The summed E-state index contributed by atoms with van der Waals surface area (Å²) >= 11 is 2.75. The molecule has 8 nitrogen and oxygen atoms in total. The van der Waals surface area contributed by atoms with E-state index in [2.05, 4.69) is 55.0 Å². The number of methoxy groups -OCH3 is 1. The maximum Gasteiger partial charge on any atom is 0.341 e. The van der Waals surface area contributed by atoms with E-state index in [0.717, 1.165) is 41.9 Å². The molecule has 2 aromatic heterocycles. The molecule has 2 heterocycles. The molecule has 0 bridgehead atoms. The van der Waals surface area contributed by atoms with Crippen LogP contribution in [0.15, 0.2) is 42.1 Å². The van der Waals surface area contributed by atoms with E-state index in [-0.39, 0.29) is 23.2 Å². The summed E-state index contributed by atoms with van der Waals surface area (Å²) in [5.74, 6) is 0.882. The second kappa shape index (κ2) is 12.4. The zero-order valence-corrected chi connectivity index (χ0v) is 24.8. The Hall–Kier alpha value is -3.11. The lowest BCUT2D eigenvalue weighted by Gasteiger charge is -2.20. The summed E-state index contributed by atoms with van der Waals surface area (Å²) in [6.45, 7) is 12.8. The number of anilines is 1. The number of carbonyl (C=O) groups excluding carboxylic acids is 2. The van der Waals surface area contributed by atoms with Crippen molar-refractivity contribution in [1.82, 2.24) is 14.8 Å². The van der Waals surface area contributed by atoms with Crippen LogP contribution in [0.1, 0.15) is 78.8 Å². The van der Waals surface area contributed by atoms with Gasteiger partial charge in [0, 0.05) is 11.4 Å². The highest BCUT2D eigenvalue weighted by molar-refractivity contribution is 7.99. The lowest BCUT2D eigenvalue weighted by atomic mass is 9.87. The van der Waals surface area contributed by atoms with Gasteiger partial charge in [-0.25, -0.2) is 4.79 Å². The molecule has 0 fully saturated rings. The molecule has 3 aromatic rings. The first-order chi connectivity index (χ1) is 18.6. The van der Waals surface area contributed by atoms with E-state index >= 15 is 0 Å². The van der Waals surface area contributed by atoms with Crippen molar-refractivity contribution < 1.29 is 19.1 Å². The predicted molar refractivity (Wildman–Crippen MR) is 156 cm³/mol. The molecule has 4 rings (SSSR count). The third-order valence-corrected chi connectivity index (χ3v) is 8.77. The predicted octanol–water partition coefficient (Wildman–Crippen LogP) is 6.36. The first-order valence-electron chi connectivity index (χ1n) is 13.1. The maximum absolute atomic E-state index is 12.9. The number of aromatic nitrogens is 3. The minimum atomic E-state index is -0.408. The highest BCUT2D eigenvalue weighted by atomic mass is 32.2. The summed E-state index contributed by atoms with van der Waals surface area (Å²) in [5.41, 5.74) is 2.81. The largest absolute Gasteiger partial charge is 0.483 e. The molecule has 1 atom stereocenters. The van der Waals surface area contributed by atoms with Crippen LogP contribution in [0.25, 0.3) is 0 Å². The molecule has 1 aliphatic carbocycles. The Labute approximate surface area is 238 Å². The summed E-state index contributed by atoms with van der Waals surface area (Å²) in [6, 6.07) is 8.09. The van der Waals surface area contributed by atoms with Gasteiger partial charge >= 0.3 is 5.97 Å². The van der Waals surface area contributed by atoms with Crippen LogP contribution in [0.5, 0.6) is 5.75 Å². The van der Waals surface area contributed by atoms with Gasteiger partial charge in [0.25, 0.3) is 0 Å². The first kappa shape index (κ1) is 28.9. The number of benzene rings is 1. The van der Waals surface area contributed by atoms with Gasteiger partial charge in [0.2, 0.25) is 5.91 Å². The monoisotopic (exact) mass is 568 g/mol. The van der Waals surface area contributed by atoms with E-state index in [0.29, 0.717) is 28.1 Å². The average Bonchev–Trinajstić information content (AvgIpc) is 3.47. The number of allylic oxidation sites excluding steroid dienone is 1. The molecular weight excluding hydrogens is 532 g/mol. The Balaban J connectivity index is 1.44. The minimum Gasteiger partial charge on any atom is -0.483 e. The molecule has 1 unspecified atom stereocenters. The molecule has 1 aromatic carbocycles. The molecule has 39 heavy (non-hydrogen) atoms. The fourth-order valence-corrected chi connectivity index (χ4v) is 6.61. The Morgan fingerprint density at radius 3 is 2.59 bits per heavy atom. The number of hydrogen-bond donors (Lipinski definition) is 1. The number of hydrogen-bond acceptors (Lipinski definition) is 8. The third-order valence-electron chi connectivity index (χ3n) is 6.60. The van der Waals surface area contributed by atoms with Crippen LogP contribution in [-0.2, 0) is 34.3 Å². The Morgan fingerprint density at radius 2 is 1.92 bits per heavy atom. The summed E-state index contributed by atoms with van der Waals surface area (Å²) < 4.78 is 13.1. The Kier molecular flexibility index (Phi) is 9.17. The zero-order valence-electron chi connectivity index (χ0n) is 23.2. The van der Waals surface area contributed by atoms with Gasteiger partial charge in [-0.1, -0.05) is 50.7 Å². The molecule has 1 amide bonds. The van der Waals surface area contributed by atoms with E-state index < -0.39 is 5.97 Å². The van der Waals surface area contributed by atoms with Crippen LogP contribution in [-0.4, -0.2) is 39.5 Å². The number of carbonyl (C=O) groups is 2. The number of ether oxygens (including phenoxy) is 2. The van der Waals surface area contributed by atoms with Crippen molar-refractivity contribution in [1.29, 1.82) is 0 Å². The van der Waals surface area contributed by atoms with E-state index in [1.54, 1.807) is 6.08 Å². The highest BCUT2D eigenvalue weighted by Crippen LogP contribution is 2.38. The summed E-state index contributed by atoms with van der Waals surface area (Å²) in [6.07, 6.45) is 5.27. The van der Waals surface area contributed by atoms with Crippen molar-refractivity contribution >= 4 is 40.0 Å². The topological polar surface area (TPSA) is 95.3 Å². The summed E-state index contributed by atoms with van der Waals surface area (Å²) in [5, 5.41) is 12.8. The van der Waals surface area contributed by atoms with E-state index in [9.17, 15) is 9.59 Å². The Bertz CT molecular complexity index is 1340. The molecule has 1 aliphatic rings. The van der Waals surface area contributed by atoms with Gasteiger partial charge in [0.1, 0.15) is 10.8 Å². The second-order valence-electron chi connectivity index (χ2n) is 10.5. The molecule has 0 spiro atoms. The smallest absolute Gasteiger partial charge is 0.341 e. The number of nitrogens with one attached hydrogen (secondary N) is 1. The molecule has 10 heteroatoms. The molecule has 0 radical (unpaired) electrons. The number of nitrogens with zero attached hydrogens (tertiary/aromatic N) is 3. The molecule has 1 N–H and O–H groups in total. The molecule has 0 saturated heterocycles.